The molecule has 0 aliphatic rings. The first-order valence-electron chi connectivity index (χ1n) is 6.00. The zero-order valence-electron chi connectivity index (χ0n) is 10.5. The van der Waals surface area contributed by atoms with Gasteiger partial charge in [-0.1, -0.05) is 62.8 Å². The summed E-state index contributed by atoms with van der Waals surface area (Å²) in [5.41, 5.74) is 8.47. The monoisotopic (exact) mass is 217 g/mol. The van der Waals surface area contributed by atoms with Crippen LogP contribution in [-0.4, -0.2) is 6.54 Å². The lowest BCUT2D eigenvalue weighted by Gasteiger charge is -2.29. The lowest BCUT2D eigenvalue weighted by molar-refractivity contribution is 0.304. The Morgan fingerprint density at radius 1 is 1.31 bits per heavy atom. The topological polar surface area (TPSA) is 26.0 Å². The maximum absolute atomic E-state index is 5.63. The van der Waals surface area contributed by atoms with E-state index in [4.69, 9.17) is 5.73 Å². The summed E-state index contributed by atoms with van der Waals surface area (Å²) in [6.45, 7) is 9.19. The average molecular weight is 217 g/mol. The Labute approximate surface area is 99.4 Å². The van der Waals surface area contributed by atoms with Crippen molar-refractivity contribution in [3.63, 3.8) is 0 Å². The first-order valence-corrected chi connectivity index (χ1v) is 6.00. The van der Waals surface area contributed by atoms with Gasteiger partial charge in [-0.15, -0.1) is 0 Å². The molecule has 0 heterocycles. The molecule has 0 aliphatic carbocycles. The van der Waals surface area contributed by atoms with Gasteiger partial charge in [0.05, 0.1) is 0 Å². The van der Waals surface area contributed by atoms with Gasteiger partial charge >= 0.3 is 0 Å². The molecule has 88 valence electrons. The molecule has 0 amide bonds. The van der Waals surface area contributed by atoms with Crippen LogP contribution >= 0.6 is 0 Å². The van der Waals surface area contributed by atoms with E-state index in [1.807, 2.05) is 0 Å². The lowest BCUT2D eigenvalue weighted by Crippen LogP contribution is -2.21. The molecule has 1 rings (SSSR count). The summed E-state index contributed by atoms with van der Waals surface area (Å²) in [5, 5.41) is 0. The van der Waals surface area contributed by atoms with E-state index >= 15 is 0 Å². The van der Waals surface area contributed by atoms with Crippen molar-refractivity contribution in [1.29, 1.82) is 0 Å². The number of rotatable bonds is 6. The van der Waals surface area contributed by atoms with Crippen LogP contribution in [0.25, 0.3) is 0 Å². The third kappa shape index (κ3) is 3.82. The van der Waals surface area contributed by atoms with Crippen molar-refractivity contribution in [2.24, 2.45) is 11.1 Å². The van der Waals surface area contributed by atoms with Crippen LogP contribution in [0.2, 0.25) is 0 Å². The minimum Gasteiger partial charge on any atom is -0.327 e. The molecule has 1 heteroatoms. The van der Waals surface area contributed by atoms with Gasteiger partial charge in [0.15, 0.2) is 0 Å². The first kappa shape index (κ1) is 13.0. The van der Waals surface area contributed by atoms with Gasteiger partial charge in [-0.05, 0) is 23.8 Å². The molecule has 0 aliphatic heterocycles. The van der Waals surface area contributed by atoms with Gasteiger partial charge in [-0.25, -0.2) is 0 Å². The van der Waals surface area contributed by atoms with Crippen molar-refractivity contribution in [3.8, 4) is 0 Å². The molecule has 1 unspecified atom stereocenters. The molecule has 0 saturated carbocycles. The van der Waals surface area contributed by atoms with E-state index < -0.39 is 0 Å². The van der Waals surface area contributed by atoms with Crippen LogP contribution in [0.1, 0.15) is 32.3 Å². The normalized spacial score (nSPS) is 14.4. The van der Waals surface area contributed by atoms with Gasteiger partial charge in [0.1, 0.15) is 0 Å². The Morgan fingerprint density at radius 3 is 2.44 bits per heavy atom. The molecule has 0 aromatic heterocycles. The molecule has 1 aromatic rings. The zero-order chi connectivity index (χ0) is 12.0. The molecule has 1 atom stereocenters. The summed E-state index contributed by atoms with van der Waals surface area (Å²) in [4.78, 5) is 0. The predicted molar refractivity (Wildman–Crippen MR) is 71.4 cm³/mol. The minimum atomic E-state index is 0.289. The van der Waals surface area contributed by atoms with Gasteiger partial charge in [0.2, 0.25) is 0 Å². The van der Waals surface area contributed by atoms with Crippen molar-refractivity contribution < 1.29 is 0 Å². The zero-order valence-corrected chi connectivity index (χ0v) is 10.5. The highest BCUT2D eigenvalue weighted by Gasteiger charge is 2.22. The largest absolute Gasteiger partial charge is 0.327 e. The molecule has 0 saturated heterocycles. The molecule has 0 spiro atoms. The Hall–Kier alpha value is -1.08. The molecule has 1 aromatic carbocycles. The number of hydrogen-bond donors (Lipinski definition) is 1. The number of hydrogen-bond acceptors (Lipinski definition) is 1. The maximum atomic E-state index is 5.63. The van der Waals surface area contributed by atoms with E-state index in [1.54, 1.807) is 0 Å². The van der Waals surface area contributed by atoms with E-state index in [0.717, 1.165) is 24.8 Å². The molecular formula is C15H23N. The SMILES string of the molecule is C=C(CN)CC(C)(CC)Cc1ccccc1. The fourth-order valence-electron chi connectivity index (χ4n) is 2.08. The fraction of sp³-hybridized carbons (Fsp3) is 0.467. The van der Waals surface area contributed by atoms with Crippen LogP contribution in [0.15, 0.2) is 42.5 Å². The van der Waals surface area contributed by atoms with E-state index in [2.05, 4.69) is 50.8 Å². The Morgan fingerprint density at radius 2 is 1.94 bits per heavy atom. The minimum absolute atomic E-state index is 0.289. The van der Waals surface area contributed by atoms with Crippen molar-refractivity contribution in [3.05, 3.63) is 48.0 Å². The summed E-state index contributed by atoms with van der Waals surface area (Å²) in [7, 11) is 0. The molecule has 0 fully saturated rings. The molecule has 1 nitrogen and oxygen atoms in total. The van der Waals surface area contributed by atoms with E-state index in [0.29, 0.717) is 6.54 Å². The summed E-state index contributed by atoms with van der Waals surface area (Å²) >= 11 is 0. The smallest absolute Gasteiger partial charge is 0.0134 e. The maximum Gasteiger partial charge on any atom is 0.0134 e. The molecule has 16 heavy (non-hydrogen) atoms. The summed E-state index contributed by atoms with van der Waals surface area (Å²) in [6.07, 6.45) is 3.28. The van der Waals surface area contributed by atoms with Crippen molar-refractivity contribution in [2.75, 3.05) is 6.54 Å². The lowest BCUT2D eigenvalue weighted by atomic mass is 9.76. The van der Waals surface area contributed by atoms with Crippen LogP contribution < -0.4 is 5.73 Å². The quantitative estimate of drug-likeness (QED) is 0.725. The van der Waals surface area contributed by atoms with Crippen LogP contribution in [0, 0.1) is 5.41 Å². The molecule has 0 bridgehead atoms. The number of benzene rings is 1. The molecule has 0 radical (unpaired) electrons. The second-order valence-electron chi connectivity index (χ2n) is 4.96. The first-order chi connectivity index (χ1) is 7.59. The third-order valence-electron chi connectivity index (χ3n) is 3.29. The Balaban J connectivity index is 2.70. The molecular weight excluding hydrogens is 194 g/mol. The van der Waals surface area contributed by atoms with Crippen LogP contribution in [0.5, 0.6) is 0 Å². The Bertz CT molecular complexity index is 329. The fourth-order valence-corrected chi connectivity index (χ4v) is 2.08. The highest BCUT2D eigenvalue weighted by Crippen LogP contribution is 2.32. The highest BCUT2D eigenvalue weighted by atomic mass is 14.5. The van der Waals surface area contributed by atoms with E-state index in [9.17, 15) is 0 Å². The third-order valence-corrected chi connectivity index (χ3v) is 3.29. The van der Waals surface area contributed by atoms with Crippen LogP contribution in [0.4, 0.5) is 0 Å². The molecule has 2 N–H and O–H groups in total. The second kappa shape index (κ2) is 5.86. The summed E-state index contributed by atoms with van der Waals surface area (Å²) < 4.78 is 0. The van der Waals surface area contributed by atoms with Crippen LogP contribution in [0.3, 0.4) is 0 Å². The summed E-state index contributed by atoms with van der Waals surface area (Å²) in [6, 6.07) is 10.6. The Kier molecular flexibility index (Phi) is 4.75. The number of nitrogens with two attached hydrogens (primary N) is 1. The van der Waals surface area contributed by atoms with Gasteiger partial charge in [0, 0.05) is 6.54 Å². The standard InChI is InChI=1S/C15H23N/c1-4-15(3,10-13(2)12-16)11-14-8-6-5-7-9-14/h5-9H,2,4,10-12,16H2,1,3H3. The van der Waals surface area contributed by atoms with E-state index in [1.165, 1.54) is 5.56 Å². The van der Waals surface area contributed by atoms with Crippen molar-refractivity contribution in [2.45, 2.75) is 33.1 Å². The van der Waals surface area contributed by atoms with Gasteiger partial charge in [0.25, 0.3) is 0 Å². The average Bonchev–Trinajstić information content (AvgIpc) is 2.30. The van der Waals surface area contributed by atoms with Gasteiger partial charge < -0.3 is 5.73 Å². The highest BCUT2D eigenvalue weighted by molar-refractivity contribution is 5.17. The second-order valence-corrected chi connectivity index (χ2v) is 4.96. The van der Waals surface area contributed by atoms with E-state index in [-0.39, 0.29) is 5.41 Å². The predicted octanol–water partition coefficient (Wildman–Crippen LogP) is 3.55. The van der Waals surface area contributed by atoms with Gasteiger partial charge in [-0.3, -0.25) is 0 Å². The van der Waals surface area contributed by atoms with Crippen LogP contribution in [-0.2, 0) is 6.42 Å². The van der Waals surface area contributed by atoms with Crippen molar-refractivity contribution in [1.82, 2.24) is 0 Å². The van der Waals surface area contributed by atoms with Gasteiger partial charge in [-0.2, -0.15) is 0 Å². The summed E-state index contributed by atoms with van der Waals surface area (Å²) in [5.74, 6) is 0. The van der Waals surface area contributed by atoms with Crippen molar-refractivity contribution >= 4 is 0 Å².